The Morgan fingerprint density at radius 3 is 2.59 bits per heavy atom. The van der Waals surface area contributed by atoms with Gasteiger partial charge in [0.15, 0.2) is 0 Å². The lowest BCUT2D eigenvalue weighted by molar-refractivity contribution is 0.234. The van der Waals surface area contributed by atoms with Crippen molar-refractivity contribution in [2.45, 2.75) is 19.4 Å². The van der Waals surface area contributed by atoms with Crippen molar-refractivity contribution >= 4 is 10.8 Å². The third kappa shape index (κ3) is 3.85. The predicted molar refractivity (Wildman–Crippen MR) is 112 cm³/mol. The molecule has 1 N–H and O–H groups in total. The van der Waals surface area contributed by atoms with Crippen LogP contribution in [0.4, 0.5) is 0 Å². The van der Waals surface area contributed by atoms with Gasteiger partial charge in [0.2, 0.25) is 0 Å². The highest BCUT2D eigenvalue weighted by Crippen LogP contribution is 2.38. The first-order chi connectivity index (χ1) is 13.4. The number of para-hydroxylation sites is 1. The van der Waals surface area contributed by atoms with E-state index in [2.05, 4.69) is 83.9 Å². The Bertz CT molecular complexity index is 879. The minimum Gasteiger partial charge on any atom is -0.494 e. The highest BCUT2D eigenvalue weighted by molar-refractivity contribution is 5.86. The number of hydrogen-bond donors (Lipinski definition) is 1. The van der Waals surface area contributed by atoms with Crippen molar-refractivity contribution in [2.24, 2.45) is 0 Å². The second kappa shape index (κ2) is 8.55. The van der Waals surface area contributed by atoms with Gasteiger partial charge < -0.3 is 10.1 Å². The minimum atomic E-state index is 0.193. The molecule has 0 bridgehead atoms. The average molecular weight is 361 g/mol. The van der Waals surface area contributed by atoms with Crippen molar-refractivity contribution in [3.63, 3.8) is 0 Å². The molecule has 0 radical (unpaired) electrons. The zero-order chi connectivity index (χ0) is 18.5. The van der Waals surface area contributed by atoms with Gasteiger partial charge in [-0.1, -0.05) is 60.7 Å². The zero-order valence-corrected chi connectivity index (χ0v) is 16.0. The predicted octanol–water partition coefficient (Wildman–Crippen LogP) is 4.62. The van der Waals surface area contributed by atoms with Gasteiger partial charge in [0.1, 0.15) is 5.75 Å². The number of nitrogens with one attached hydrogen (secondary N) is 1. The smallest absolute Gasteiger partial charge is 0.124 e. The van der Waals surface area contributed by atoms with Crippen LogP contribution >= 0.6 is 0 Å². The molecular weight excluding hydrogens is 332 g/mol. The van der Waals surface area contributed by atoms with Gasteiger partial charge in [-0.25, -0.2) is 0 Å². The van der Waals surface area contributed by atoms with Gasteiger partial charge in [-0.05, 0) is 42.3 Å². The van der Waals surface area contributed by atoms with Crippen LogP contribution in [0.2, 0.25) is 0 Å². The number of hydrogen-bond acceptors (Lipinski definition) is 3. The summed E-state index contributed by atoms with van der Waals surface area (Å²) in [6.07, 6.45) is 1.16. The van der Waals surface area contributed by atoms with Gasteiger partial charge >= 0.3 is 0 Å². The molecule has 0 spiro atoms. The van der Waals surface area contributed by atoms with Gasteiger partial charge in [0, 0.05) is 25.2 Å². The molecule has 4 rings (SSSR count). The Morgan fingerprint density at radius 1 is 0.889 bits per heavy atom. The molecule has 1 fully saturated rings. The summed E-state index contributed by atoms with van der Waals surface area (Å²) in [5.41, 5.74) is 2.62. The highest BCUT2D eigenvalue weighted by atomic mass is 16.5. The fourth-order valence-corrected chi connectivity index (χ4v) is 4.17. The number of nitrogens with zero attached hydrogens (tertiary/aromatic N) is 1. The monoisotopic (exact) mass is 360 g/mol. The van der Waals surface area contributed by atoms with E-state index in [9.17, 15) is 0 Å². The normalized spacial score (nSPS) is 16.8. The van der Waals surface area contributed by atoms with Gasteiger partial charge in [0.05, 0.1) is 12.6 Å². The highest BCUT2D eigenvalue weighted by Gasteiger charge is 2.27. The molecule has 1 aliphatic rings. The maximum Gasteiger partial charge on any atom is 0.124 e. The second-order valence-electron chi connectivity index (χ2n) is 7.08. The summed E-state index contributed by atoms with van der Waals surface area (Å²) in [7, 11) is 0. The van der Waals surface area contributed by atoms with Crippen LogP contribution in [0.25, 0.3) is 10.8 Å². The Kier molecular flexibility index (Phi) is 5.71. The van der Waals surface area contributed by atoms with Crippen molar-refractivity contribution in [3.8, 4) is 5.75 Å². The van der Waals surface area contributed by atoms with Crippen LogP contribution in [0, 0.1) is 0 Å². The lowest BCUT2D eigenvalue weighted by Gasteiger charge is -2.33. The van der Waals surface area contributed by atoms with E-state index in [1.165, 1.54) is 21.9 Å². The topological polar surface area (TPSA) is 24.5 Å². The molecule has 1 atom stereocenters. The Morgan fingerprint density at radius 2 is 1.67 bits per heavy atom. The summed E-state index contributed by atoms with van der Waals surface area (Å²) in [5, 5.41) is 6.16. The summed E-state index contributed by atoms with van der Waals surface area (Å²) in [4.78, 5) is 2.61. The van der Waals surface area contributed by atoms with Crippen molar-refractivity contribution in [3.05, 3.63) is 77.9 Å². The quantitative estimate of drug-likeness (QED) is 0.718. The number of fused-ring (bicyclic) bond motifs is 1. The molecule has 0 amide bonds. The molecule has 140 valence electrons. The molecule has 0 aromatic heterocycles. The van der Waals surface area contributed by atoms with Crippen LogP contribution in [0.15, 0.2) is 66.7 Å². The van der Waals surface area contributed by atoms with Gasteiger partial charge in [0.25, 0.3) is 0 Å². The largest absolute Gasteiger partial charge is 0.494 e. The summed E-state index contributed by atoms with van der Waals surface area (Å²) >= 11 is 0. The fourth-order valence-electron chi connectivity index (χ4n) is 4.17. The number of ether oxygens (including phenoxy) is 1. The van der Waals surface area contributed by atoms with Crippen molar-refractivity contribution in [1.29, 1.82) is 0 Å². The molecule has 3 heteroatoms. The van der Waals surface area contributed by atoms with E-state index in [1.807, 2.05) is 0 Å². The van der Waals surface area contributed by atoms with Crippen molar-refractivity contribution in [1.82, 2.24) is 10.2 Å². The molecule has 1 aliphatic heterocycles. The number of rotatable bonds is 5. The maximum absolute atomic E-state index is 6.03. The van der Waals surface area contributed by atoms with Gasteiger partial charge in [-0.3, -0.25) is 4.90 Å². The lowest BCUT2D eigenvalue weighted by atomic mass is 9.91. The first-order valence-electron chi connectivity index (χ1n) is 10.0. The van der Waals surface area contributed by atoms with E-state index in [0.29, 0.717) is 6.61 Å². The van der Waals surface area contributed by atoms with Gasteiger partial charge in [-0.15, -0.1) is 0 Å². The average Bonchev–Trinajstić information content (AvgIpc) is 2.99. The summed E-state index contributed by atoms with van der Waals surface area (Å²) in [6, 6.07) is 24.1. The molecule has 1 unspecified atom stereocenters. The first-order valence-corrected chi connectivity index (χ1v) is 10.0. The summed E-state index contributed by atoms with van der Waals surface area (Å²) in [5.74, 6) is 0.996. The minimum absolute atomic E-state index is 0.193. The third-order valence-electron chi connectivity index (χ3n) is 5.37. The number of benzene rings is 3. The molecule has 0 saturated carbocycles. The van der Waals surface area contributed by atoms with Crippen LogP contribution in [0.1, 0.15) is 30.5 Å². The molecule has 3 nitrogen and oxygen atoms in total. The van der Waals surface area contributed by atoms with Crippen LogP contribution in [-0.4, -0.2) is 37.7 Å². The van der Waals surface area contributed by atoms with E-state index in [0.717, 1.165) is 38.3 Å². The summed E-state index contributed by atoms with van der Waals surface area (Å²) < 4.78 is 6.03. The van der Waals surface area contributed by atoms with E-state index in [1.54, 1.807) is 0 Å². The summed E-state index contributed by atoms with van der Waals surface area (Å²) in [6.45, 7) is 6.97. The van der Waals surface area contributed by atoms with E-state index in [4.69, 9.17) is 4.74 Å². The zero-order valence-electron chi connectivity index (χ0n) is 16.0. The molecular formula is C24H28N2O. The SMILES string of the molecule is CCOc1ccccc1C(c1cccc2ccccc12)N1CCCNCC1. The van der Waals surface area contributed by atoms with Crippen molar-refractivity contribution < 1.29 is 4.74 Å². The fraction of sp³-hybridized carbons (Fsp3) is 0.333. The third-order valence-corrected chi connectivity index (χ3v) is 5.37. The molecule has 3 aromatic rings. The van der Waals surface area contributed by atoms with Crippen LogP contribution in [0.5, 0.6) is 5.75 Å². The molecule has 1 saturated heterocycles. The molecule has 27 heavy (non-hydrogen) atoms. The van der Waals surface area contributed by atoms with Crippen LogP contribution in [0.3, 0.4) is 0 Å². The Balaban J connectivity index is 1.88. The molecule has 1 heterocycles. The van der Waals surface area contributed by atoms with Crippen LogP contribution < -0.4 is 10.1 Å². The molecule has 3 aromatic carbocycles. The maximum atomic E-state index is 6.03. The first kappa shape index (κ1) is 18.0. The van der Waals surface area contributed by atoms with Crippen LogP contribution in [-0.2, 0) is 0 Å². The Labute approximate surface area is 162 Å². The second-order valence-corrected chi connectivity index (χ2v) is 7.08. The Hall–Kier alpha value is -2.36. The lowest BCUT2D eigenvalue weighted by Crippen LogP contribution is -2.33. The van der Waals surface area contributed by atoms with Crippen molar-refractivity contribution in [2.75, 3.05) is 32.8 Å². The standard InChI is InChI=1S/C24H28N2O/c1-2-27-23-14-6-5-12-22(23)24(26-17-8-15-25-16-18-26)21-13-7-10-19-9-3-4-11-20(19)21/h3-7,9-14,24-25H,2,8,15-18H2,1H3. The van der Waals surface area contributed by atoms with E-state index in [-0.39, 0.29) is 6.04 Å². The van der Waals surface area contributed by atoms with E-state index < -0.39 is 0 Å². The molecule has 0 aliphatic carbocycles. The van der Waals surface area contributed by atoms with Gasteiger partial charge in [-0.2, -0.15) is 0 Å². The van der Waals surface area contributed by atoms with E-state index >= 15 is 0 Å².